The maximum atomic E-state index is 11.4. The van der Waals surface area contributed by atoms with E-state index in [9.17, 15) is 8.42 Å². The number of rotatable bonds is 6. The number of nitrogens with one attached hydrogen (secondary N) is 1. The van der Waals surface area contributed by atoms with Gasteiger partial charge in [-0.2, -0.15) is 0 Å². The van der Waals surface area contributed by atoms with Crippen molar-refractivity contribution in [2.24, 2.45) is 0 Å². The highest BCUT2D eigenvalue weighted by molar-refractivity contribution is 7.92. The maximum absolute atomic E-state index is 11.4. The van der Waals surface area contributed by atoms with E-state index in [0.717, 1.165) is 55.9 Å². The smallest absolute Gasteiger partial charge is 0.229 e. The van der Waals surface area contributed by atoms with E-state index in [4.69, 9.17) is 0 Å². The van der Waals surface area contributed by atoms with Crippen molar-refractivity contribution in [3.63, 3.8) is 0 Å². The second kappa shape index (κ2) is 9.85. The van der Waals surface area contributed by atoms with Crippen LogP contribution in [-0.4, -0.2) is 57.3 Å². The van der Waals surface area contributed by atoms with Gasteiger partial charge in [-0.05, 0) is 55.3 Å². The van der Waals surface area contributed by atoms with E-state index in [1.807, 2.05) is 19.1 Å². The number of halogens is 1. The fourth-order valence-corrected chi connectivity index (χ4v) is 4.58. The summed E-state index contributed by atoms with van der Waals surface area (Å²) in [6, 6.07) is 18.3. The van der Waals surface area contributed by atoms with Crippen LogP contribution in [0.4, 0.5) is 11.4 Å². The third-order valence-corrected chi connectivity index (χ3v) is 6.11. The molecule has 0 radical (unpaired) electrons. The molecule has 1 saturated heterocycles. The standard InChI is InChI=1S/C23H28N4O2S.ClH/c1-18-9-10-21-22(24-18)7-4-8-23(21)27-15-13-26(14-16-27)12-11-19-5-3-6-20(17-19)25-30(2,28)29;/h3-10,17,25H,11-16H2,1-2H3;1H. The third-order valence-electron chi connectivity index (χ3n) is 5.51. The van der Waals surface area contributed by atoms with Gasteiger partial charge in [-0.15, -0.1) is 12.4 Å². The first-order chi connectivity index (χ1) is 14.4. The van der Waals surface area contributed by atoms with Gasteiger partial charge in [0.15, 0.2) is 0 Å². The van der Waals surface area contributed by atoms with E-state index in [-0.39, 0.29) is 12.4 Å². The summed E-state index contributed by atoms with van der Waals surface area (Å²) >= 11 is 0. The van der Waals surface area contributed by atoms with Crippen LogP contribution in [0.3, 0.4) is 0 Å². The van der Waals surface area contributed by atoms with Crippen LogP contribution in [0, 0.1) is 6.92 Å². The topological polar surface area (TPSA) is 65.5 Å². The van der Waals surface area contributed by atoms with Gasteiger partial charge in [0.25, 0.3) is 0 Å². The Bertz CT molecular complexity index is 1150. The molecule has 0 saturated carbocycles. The van der Waals surface area contributed by atoms with Crippen molar-refractivity contribution in [3.8, 4) is 0 Å². The molecule has 0 aliphatic carbocycles. The molecule has 0 spiro atoms. The minimum atomic E-state index is -3.25. The van der Waals surface area contributed by atoms with E-state index < -0.39 is 10.0 Å². The number of hydrogen-bond acceptors (Lipinski definition) is 5. The Morgan fingerprint density at radius 1 is 1.00 bits per heavy atom. The third kappa shape index (κ3) is 6.09. The Hall–Kier alpha value is -2.35. The van der Waals surface area contributed by atoms with Crippen LogP contribution in [0.15, 0.2) is 54.6 Å². The second-order valence-electron chi connectivity index (χ2n) is 7.95. The van der Waals surface area contributed by atoms with E-state index in [2.05, 4.69) is 55.9 Å². The van der Waals surface area contributed by atoms with Gasteiger partial charge in [0, 0.05) is 55.2 Å². The van der Waals surface area contributed by atoms with Crippen molar-refractivity contribution in [2.45, 2.75) is 13.3 Å². The van der Waals surface area contributed by atoms with Crippen LogP contribution in [0.5, 0.6) is 0 Å². The molecule has 1 fully saturated rings. The molecule has 4 rings (SSSR count). The number of anilines is 2. The summed E-state index contributed by atoms with van der Waals surface area (Å²) in [6.07, 6.45) is 2.07. The van der Waals surface area contributed by atoms with Gasteiger partial charge >= 0.3 is 0 Å². The SMILES string of the molecule is Cc1ccc2c(N3CCN(CCc4cccc(NS(C)(=O)=O)c4)CC3)cccc2n1.Cl. The zero-order valence-corrected chi connectivity index (χ0v) is 19.5. The summed E-state index contributed by atoms with van der Waals surface area (Å²) in [4.78, 5) is 9.58. The van der Waals surface area contributed by atoms with Gasteiger partial charge in [-0.1, -0.05) is 18.2 Å². The Balaban J connectivity index is 0.00000272. The maximum Gasteiger partial charge on any atom is 0.229 e. The van der Waals surface area contributed by atoms with E-state index in [0.29, 0.717) is 5.69 Å². The summed E-state index contributed by atoms with van der Waals surface area (Å²) in [7, 11) is -3.25. The van der Waals surface area contributed by atoms with Gasteiger partial charge in [-0.25, -0.2) is 8.42 Å². The molecule has 31 heavy (non-hydrogen) atoms. The molecule has 1 aliphatic rings. The number of aryl methyl sites for hydroxylation is 1. The highest BCUT2D eigenvalue weighted by Crippen LogP contribution is 2.27. The zero-order chi connectivity index (χ0) is 21.1. The molecule has 0 atom stereocenters. The number of benzene rings is 2. The molecule has 0 amide bonds. The van der Waals surface area contributed by atoms with E-state index in [1.165, 1.54) is 17.3 Å². The van der Waals surface area contributed by atoms with Gasteiger partial charge in [0.2, 0.25) is 10.0 Å². The lowest BCUT2D eigenvalue weighted by Gasteiger charge is -2.36. The van der Waals surface area contributed by atoms with Crippen molar-refractivity contribution in [3.05, 3.63) is 65.9 Å². The van der Waals surface area contributed by atoms with Crippen LogP contribution < -0.4 is 9.62 Å². The fourth-order valence-electron chi connectivity index (χ4n) is 4.02. The van der Waals surface area contributed by atoms with Crippen molar-refractivity contribution in [1.82, 2.24) is 9.88 Å². The van der Waals surface area contributed by atoms with Crippen molar-refractivity contribution >= 4 is 44.7 Å². The summed E-state index contributed by atoms with van der Waals surface area (Å²) in [5, 5.41) is 1.21. The van der Waals surface area contributed by atoms with Crippen molar-refractivity contribution in [2.75, 3.05) is 48.6 Å². The monoisotopic (exact) mass is 460 g/mol. The number of pyridine rings is 1. The van der Waals surface area contributed by atoms with Gasteiger partial charge in [0.1, 0.15) is 0 Å². The van der Waals surface area contributed by atoms with Crippen molar-refractivity contribution in [1.29, 1.82) is 0 Å². The number of piperazine rings is 1. The van der Waals surface area contributed by atoms with Crippen LogP contribution >= 0.6 is 12.4 Å². The fraction of sp³-hybridized carbons (Fsp3) is 0.348. The first-order valence-electron chi connectivity index (χ1n) is 10.3. The number of sulfonamides is 1. The summed E-state index contributed by atoms with van der Waals surface area (Å²) in [5.74, 6) is 0. The molecule has 0 bridgehead atoms. The largest absolute Gasteiger partial charge is 0.368 e. The Morgan fingerprint density at radius 2 is 1.74 bits per heavy atom. The van der Waals surface area contributed by atoms with Gasteiger partial charge in [-0.3, -0.25) is 14.6 Å². The number of fused-ring (bicyclic) bond motifs is 1. The lowest BCUT2D eigenvalue weighted by molar-refractivity contribution is 0.261. The zero-order valence-electron chi connectivity index (χ0n) is 17.9. The summed E-state index contributed by atoms with van der Waals surface area (Å²) < 4.78 is 25.4. The number of aromatic nitrogens is 1. The average molecular weight is 461 g/mol. The van der Waals surface area contributed by atoms with E-state index in [1.54, 1.807) is 6.07 Å². The molecule has 3 aromatic rings. The molecule has 2 aromatic carbocycles. The lowest BCUT2D eigenvalue weighted by Crippen LogP contribution is -2.47. The van der Waals surface area contributed by atoms with Gasteiger partial charge in [0.05, 0.1) is 11.8 Å². The Morgan fingerprint density at radius 3 is 2.48 bits per heavy atom. The Labute approximate surface area is 190 Å². The molecule has 1 aromatic heterocycles. The molecule has 1 N–H and O–H groups in total. The summed E-state index contributed by atoms with van der Waals surface area (Å²) in [5.41, 5.74) is 5.12. The molecule has 6 nitrogen and oxygen atoms in total. The average Bonchev–Trinajstić information content (AvgIpc) is 2.71. The minimum absolute atomic E-state index is 0. The number of hydrogen-bond donors (Lipinski definition) is 1. The molecular weight excluding hydrogens is 432 g/mol. The van der Waals surface area contributed by atoms with Crippen LogP contribution in [-0.2, 0) is 16.4 Å². The van der Waals surface area contributed by atoms with Crippen LogP contribution in [0.1, 0.15) is 11.3 Å². The summed E-state index contributed by atoms with van der Waals surface area (Å²) in [6.45, 7) is 6.99. The molecule has 2 heterocycles. The highest BCUT2D eigenvalue weighted by atomic mass is 35.5. The van der Waals surface area contributed by atoms with Crippen LogP contribution in [0.2, 0.25) is 0 Å². The van der Waals surface area contributed by atoms with Gasteiger partial charge < -0.3 is 4.90 Å². The highest BCUT2D eigenvalue weighted by Gasteiger charge is 2.18. The normalized spacial score (nSPS) is 15.0. The van der Waals surface area contributed by atoms with Crippen molar-refractivity contribution < 1.29 is 8.42 Å². The number of nitrogens with zero attached hydrogens (tertiary/aromatic N) is 3. The first-order valence-corrected chi connectivity index (χ1v) is 12.2. The predicted octanol–water partition coefficient (Wildman–Crippen LogP) is 3.70. The first kappa shape index (κ1) is 23.3. The van der Waals surface area contributed by atoms with E-state index >= 15 is 0 Å². The second-order valence-corrected chi connectivity index (χ2v) is 9.70. The molecule has 0 unspecified atom stereocenters. The molecule has 8 heteroatoms. The lowest BCUT2D eigenvalue weighted by atomic mass is 10.1. The van der Waals surface area contributed by atoms with Crippen LogP contribution in [0.25, 0.3) is 10.9 Å². The molecular formula is C23H29ClN4O2S. The molecule has 1 aliphatic heterocycles. The predicted molar refractivity (Wildman–Crippen MR) is 131 cm³/mol. The Kier molecular flexibility index (Phi) is 7.41. The molecule has 166 valence electrons. The quantitative estimate of drug-likeness (QED) is 0.607. The minimum Gasteiger partial charge on any atom is -0.368 e.